The van der Waals surface area contributed by atoms with Gasteiger partial charge in [0, 0.05) is 10.2 Å². The maximum atomic E-state index is 11.8. The van der Waals surface area contributed by atoms with Gasteiger partial charge in [0.1, 0.15) is 0 Å². The van der Waals surface area contributed by atoms with E-state index < -0.39 is 0 Å². The predicted octanol–water partition coefficient (Wildman–Crippen LogP) is 1.34. The molecule has 88 valence electrons. The van der Waals surface area contributed by atoms with Crippen LogP contribution in [0.4, 0.5) is 5.69 Å². The minimum atomic E-state index is -0.278. The number of nitrogens with one attached hydrogen (secondary N) is 1. The van der Waals surface area contributed by atoms with Crippen LogP contribution in [-0.4, -0.2) is 16.0 Å². The molecule has 2 rings (SSSR count). The van der Waals surface area contributed by atoms with Crippen molar-refractivity contribution in [1.29, 1.82) is 0 Å². The van der Waals surface area contributed by atoms with E-state index in [4.69, 9.17) is 5.73 Å². The van der Waals surface area contributed by atoms with Gasteiger partial charge in [-0.1, -0.05) is 21.1 Å². The highest BCUT2D eigenvalue weighted by molar-refractivity contribution is 9.10. The van der Waals surface area contributed by atoms with Crippen LogP contribution in [0.2, 0.25) is 0 Å². The van der Waals surface area contributed by atoms with Gasteiger partial charge in [-0.25, -0.2) is 0 Å². The Morgan fingerprint density at radius 1 is 1.53 bits per heavy atom. The van der Waals surface area contributed by atoms with Crippen LogP contribution in [0.3, 0.4) is 0 Å². The molecule has 0 aliphatic heterocycles. The van der Waals surface area contributed by atoms with Crippen molar-refractivity contribution in [2.75, 3.05) is 5.73 Å². The van der Waals surface area contributed by atoms with Gasteiger partial charge in [-0.3, -0.25) is 4.79 Å². The van der Waals surface area contributed by atoms with Crippen LogP contribution in [0.5, 0.6) is 0 Å². The lowest BCUT2D eigenvalue weighted by Gasteiger charge is -2.05. The molecule has 7 heteroatoms. The third-order valence-corrected chi connectivity index (χ3v) is 2.57. The Labute approximate surface area is 105 Å². The topological polar surface area (TPSA) is 94.0 Å². The fourth-order valence-electron chi connectivity index (χ4n) is 1.27. The second-order valence-corrected chi connectivity index (χ2v) is 4.18. The molecular weight excluding hydrogens is 288 g/mol. The molecule has 0 bridgehead atoms. The van der Waals surface area contributed by atoms with Gasteiger partial charge < -0.3 is 15.6 Å². The zero-order valence-corrected chi connectivity index (χ0v) is 10.3. The minimum absolute atomic E-state index is 0.199. The Morgan fingerprint density at radius 2 is 2.35 bits per heavy atom. The van der Waals surface area contributed by atoms with E-state index in [9.17, 15) is 4.79 Å². The number of amides is 1. The SMILES string of the molecule is Nc1cc(Br)ccc1C(=O)NCc1ncon1. The van der Waals surface area contributed by atoms with Crippen molar-refractivity contribution in [2.24, 2.45) is 0 Å². The van der Waals surface area contributed by atoms with Gasteiger partial charge >= 0.3 is 0 Å². The van der Waals surface area contributed by atoms with Gasteiger partial charge in [0.15, 0.2) is 5.82 Å². The van der Waals surface area contributed by atoms with Gasteiger partial charge in [-0.05, 0) is 18.2 Å². The Bertz CT molecular complexity index is 527. The molecule has 0 saturated carbocycles. The molecule has 0 aliphatic carbocycles. The van der Waals surface area contributed by atoms with Crippen molar-refractivity contribution in [3.05, 3.63) is 40.5 Å². The molecule has 1 heterocycles. The van der Waals surface area contributed by atoms with E-state index >= 15 is 0 Å². The summed E-state index contributed by atoms with van der Waals surface area (Å²) in [6.07, 6.45) is 1.20. The van der Waals surface area contributed by atoms with E-state index in [1.807, 2.05) is 0 Å². The number of anilines is 1. The molecular formula is C10H9BrN4O2. The summed E-state index contributed by atoms with van der Waals surface area (Å²) >= 11 is 3.27. The van der Waals surface area contributed by atoms with Crippen LogP contribution < -0.4 is 11.1 Å². The molecule has 0 unspecified atom stereocenters. The Kier molecular flexibility index (Phi) is 3.38. The first-order valence-electron chi connectivity index (χ1n) is 4.75. The Morgan fingerprint density at radius 3 is 3.00 bits per heavy atom. The molecule has 0 saturated heterocycles. The highest BCUT2D eigenvalue weighted by atomic mass is 79.9. The molecule has 1 amide bonds. The number of rotatable bonds is 3. The third-order valence-electron chi connectivity index (χ3n) is 2.07. The lowest BCUT2D eigenvalue weighted by Crippen LogP contribution is -2.24. The Balaban J connectivity index is 2.04. The van der Waals surface area contributed by atoms with Gasteiger partial charge in [0.05, 0.1) is 12.1 Å². The molecule has 1 aromatic heterocycles. The summed E-state index contributed by atoms with van der Waals surface area (Å²) in [7, 11) is 0. The first-order valence-corrected chi connectivity index (χ1v) is 5.54. The molecule has 1 aromatic carbocycles. The summed E-state index contributed by atoms with van der Waals surface area (Å²) in [4.78, 5) is 15.6. The molecule has 0 spiro atoms. The molecule has 0 aliphatic rings. The summed E-state index contributed by atoms with van der Waals surface area (Å²) < 4.78 is 5.37. The molecule has 6 nitrogen and oxygen atoms in total. The molecule has 17 heavy (non-hydrogen) atoms. The number of carbonyl (C=O) groups excluding carboxylic acids is 1. The second kappa shape index (κ2) is 4.96. The first-order chi connectivity index (χ1) is 8.16. The van der Waals surface area contributed by atoms with Gasteiger partial charge in [0.2, 0.25) is 6.39 Å². The molecule has 0 radical (unpaired) electrons. The number of aromatic nitrogens is 2. The maximum absolute atomic E-state index is 11.8. The molecule has 0 fully saturated rings. The second-order valence-electron chi connectivity index (χ2n) is 3.26. The average Bonchev–Trinajstić information content (AvgIpc) is 2.78. The van der Waals surface area contributed by atoms with Crippen molar-refractivity contribution in [3.8, 4) is 0 Å². The van der Waals surface area contributed by atoms with Gasteiger partial charge in [-0.15, -0.1) is 0 Å². The Hall–Kier alpha value is -1.89. The first kappa shape index (κ1) is 11.6. The monoisotopic (exact) mass is 296 g/mol. The normalized spacial score (nSPS) is 10.2. The van der Waals surface area contributed by atoms with E-state index in [2.05, 4.69) is 35.9 Å². The summed E-state index contributed by atoms with van der Waals surface area (Å²) in [5.41, 5.74) is 6.55. The highest BCUT2D eigenvalue weighted by Gasteiger charge is 2.10. The van der Waals surface area contributed by atoms with Crippen molar-refractivity contribution in [1.82, 2.24) is 15.5 Å². The standard InChI is InChI=1S/C10H9BrN4O2/c11-6-1-2-7(8(12)3-6)10(16)13-4-9-14-5-17-15-9/h1-3,5H,4,12H2,(H,13,16). The lowest BCUT2D eigenvalue weighted by molar-refractivity contribution is 0.0950. The largest absolute Gasteiger partial charge is 0.398 e. The van der Waals surface area contributed by atoms with Gasteiger partial charge in [0.25, 0.3) is 5.91 Å². The van der Waals surface area contributed by atoms with Crippen LogP contribution in [0.15, 0.2) is 33.6 Å². The maximum Gasteiger partial charge on any atom is 0.253 e. The lowest BCUT2D eigenvalue weighted by atomic mass is 10.1. The van der Waals surface area contributed by atoms with Crippen LogP contribution in [0.1, 0.15) is 16.2 Å². The number of halogens is 1. The average molecular weight is 297 g/mol. The summed E-state index contributed by atoms with van der Waals surface area (Å²) in [5.74, 6) is 0.133. The van der Waals surface area contributed by atoms with E-state index in [0.29, 0.717) is 17.1 Å². The minimum Gasteiger partial charge on any atom is -0.398 e. The van der Waals surface area contributed by atoms with E-state index in [1.54, 1.807) is 18.2 Å². The molecule has 0 atom stereocenters. The number of carbonyl (C=O) groups is 1. The summed E-state index contributed by atoms with van der Waals surface area (Å²) in [5, 5.41) is 6.22. The van der Waals surface area contributed by atoms with Crippen molar-refractivity contribution in [2.45, 2.75) is 6.54 Å². The van der Waals surface area contributed by atoms with Crippen molar-refractivity contribution in [3.63, 3.8) is 0 Å². The number of benzene rings is 1. The number of hydrogen-bond donors (Lipinski definition) is 2. The third kappa shape index (κ3) is 2.82. The summed E-state index contributed by atoms with van der Waals surface area (Å²) in [6, 6.07) is 5.06. The number of nitrogen functional groups attached to an aromatic ring is 1. The number of nitrogens with zero attached hydrogens (tertiary/aromatic N) is 2. The van der Waals surface area contributed by atoms with Crippen LogP contribution in [0, 0.1) is 0 Å². The van der Waals surface area contributed by atoms with Gasteiger partial charge in [-0.2, -0.15) is 4.98 Å². The van der Waals surface area contributed by atoms with Crippen LogP contribution >= 0.6 is 15.9 Å². The molecule has 3 N–H and O–H groups in total. The van der Waals surface area contributed by atoms with E-state index in [1.165, 1.54) is 6.39 Å². The quantitative estimate of drug-likeness (QED) is 0.834. The fraction of sp³-hybridized carbons (Fsp3) is 0.100. The van der Waals surface area contributed by atoms with E-state index in [0.717, 1.165) is 4.47 Å². The van der Waals surface area contributed by atoms with Crippen molar-refractivity contribution >= 4 is 27.5 Å². The summed E-state index contributed by atoms with van der Waals surface area (Å²) in [6.45, 7) is 0.199. The number of hydrogen-bond acceptors (Lipinski definition) is 5. The molecule has 2 aromatic rings. The smallest absolute Gasteiger partial charge is 0.253 e. The zero-order valence-electron chi connectivity index (χ0n) is 8.68. The van der Waals surface area contributed by atoms with E-state index in [-0.39, 0.29) is 12.5 Å². The number of nitrogens with two attached hydrogens (primary N) is 1. The highest BCUT2D eigenvalue weighted by Crippen LogP contribution is 2.18. The zero-order chi connectivity index (χ0) is 12.3. The van der Waals surface area contributed by atoms with Crippen LogP contribution in [-0.2, 0) is 6.54 Å². The van der Waals surface area contributed by atoms with Crippen LogP contribution in [0.25, 0.3) is 0 Å². The fourth-order valence-corrected chi connectivity index (χ4v) is 1.64. The predicted molar refractivity (Wildman–Crippen MR) is 64.0 cm³/mol. The van der Waals surface area contributed by atoms with Crippen molar-refractivity contribution < 1.29 is 9.32 Å².